The highest BCUT2D eigenvalue weighted by Crippen LogP contribution is 2.20. The lowest BCUT2D eigenvalue weighted by molar-refractivity contribution is -0.385. The van der Waals surface area contributed by atoms with Crippen molar-refractivity contribution in [2.75, 3.05) is 32.7 Å². The van der Waals surface area contributed by atoms with E-state index in [9.17, 15) is 10.1 Å². The first kappa shape index (κ1) is 15.9. The van der Waals surface area contributed by atoms with Crippen LogP contribution in [-0.2, 0) is 6.42 Å². The molecule has 2 rings (SSSR count). The Bertz CT molecular complexity index is 457. The molecule has 1 aliphatic heterocycles. The molecule has 0 aliphatic carbocycles. The van der Waals surface area contributed by atoms with Gasteiger partial charge in [-0.25, -0.2) is 0 Å². The summed E-state index contributed by atoms with van der Waals surface area (Å²) < 4.78 is 0. The molecular formula is C16H25N3O2. The Morgan fingerprint density at radius 3 is 2.71 bits per heavy atom. The molecule has 1 aromatic rings. The SMILES string of the molecule is CCNCC1CCN(CCc2ccccc2[N+](=O)[O-])CC1. The second-order valence-corrected chi connectivity index (χ2v) is 5.73. The number of nitrogens with zero attached hydrogens (tertiary/aromatic N) is 2. The van der Waals surface area contributed by atoms with Crippen LogP contribution in [0.4, 0.5) is 5.69 Å². The number of nitro groups is 1. The topological polar surface area (TPSA) is 58.4 Å². The predicted octanol–water partition coefficient (Wildman–Crippen LogP) is 2.46. The Labute approximate surface area is 126 Å². The Hall–Kier alpha value is -1.46. The third kappa shape index (κ3) is 4.79. The van der Waals surface area contributed by atoms with E-state index in [1.807, 2.05) is 12.1 Å². The largest absolute Gasteiger partial charge is 0.317 e. The summed E-state index contributed by atoms with van der Waals surface area (Å²) in [5.74, 6) is 0.785. The molecule has 1 saturated heterocycles. The molecule has 1 fully saturated rings. The van der Waals surface area contributed by atoms with E-state index < -0.39 is 0 Å². The van der Waals surface area contributed by atoms with Crippen molar-refractivity contribution in [1.82, 2.24) is 10.2 Å². The van der Waals surface area contributed by atoms with Gasteiger partial charge < -0.3 is 10.2 Å². The van der Waals surface area contributed by atoms with E-state index in [0.29, 0.717) is 0 Å². The van der Waals surface area contributed by atoms with Crippen LogP contribution >= 0.6 is 0 Å². The van der Waals surface area contributed by atoms with Gasteiger partial charge >= 0.3 is 0 Å². The number of nitro benzene ring substituents is 1. The van der Waals surface area contributed by atoms with Crippen LogP contribution < -0.4 is 5.32 Å². The summed E-state index contributed by atoms with van der Waals surface area (Å²) >= 11 is 0. The van der Waals surface area contributed by atoms with Gasteiger partial charge in [-0.05, 0) is 51.4 Å². The number of para-hydroxylation sites is 1. The highest BCUT2D eigenvalue weighted by Gasteiger charge is 2.19. The van der Waals surface area contributed by atoms with Gasteiger partial charge in [0.25, 0.3) is 5.69 Å². The normalized spacial score (nSPS) is 17.0. The van der Waals surface area contributed by atoms with E-state index in [1.54, 1.807) is 12.1 Å². The summed E-state index contributed by atoms with van der Waals surface area (Å²) in [4.78, 5) is 13.2. The van der Waals surface area contributed by atoms with E-state index >= 15 is 0 Å². The molecule has 0 aromatic heterocycles. The third-order valence-electron chi connectivity index (χ3n) is 4.28. The van der Waals surface area contributed by atoms with E-state index in [1.165, 1.54) is 12.8 Å². The van der Waals surface area contributed by atoms with Crippen molar-refractivity contribution < 1.29 is 4.92 Å². The number of piperidine rings is 1. The molecule has 1 aliphatic rings. The summed E-state index contributed by atoms with van der Waals surface area (Å²) in [6.45, 7) is 7.43. The number of rotatable bonds is 7. The molecule has 0 unspecified atom stereocenters. The van der Waals surface area contributed by atoms with Crippen LogP contribution in [0.25, 0.3) is 0 Å². The molecule has 5 heteroatoms. The molecule has 1 heterocycles. The fourth-order valence-corrected chi connectivity index (χ4v) is 2.94. The molecule has 116 valence electrons. The second kappa shape index (κ2) is 8.10. The Morgan fingerprint density at radius 1 is 1.33 bits per heavy atom. The zero-order valence-electron chi connectivity index (χ0n) is 12.8. The second-order valence-electron chi connectivity index (χ2n) is 5.73. The first-order valence-corrected chi connectivity index (χ1v) is 7.86. The first-order chi connectivity index (χ1) is 10.2. The summed E-state index contributed by atoms with van der Waals surface area (Å²) in [5.41, 5.74) is 1.09. The maximum Gasteiger partial charge on any atom is 0.272 e. The summed E-state index contributed by atoms with van der Waals surface area (Å²) in [6.07, 6.45) is 3.21. The number of benzene rings is 1. The van der Waals surface area contributed by atoms with Gasteiger partial charge in [0.05, 0.1) is 4.92 Å². The van der Waals surface area contributed by atoms with E-state index in [-0.39, 0.29) is 10.6 Å². The molecule has 0 amide bonds. The van der Waals surface area contributed by atoms with Gasteiger partial charge in [0.2, 0.25) is 0 Å². The minimum Gasteiger partial charge on any atom is -0.317 e. The minimum absolute atomic E-state index is 0.250. The fourth-order valence-electron chi connectivity index (χ4n) is 2.94. The number of hydrogen-bond donors (Lipinski definition) is 1. The lowest BCUT2D eigenvalue weighted by Crippen LogP contribution is -2.38. The van der Waals surface area contributed by atoms with Gasteiger partial charge in [0.1, 0.15) is 0 Å². The first-order valence-electron chi connectivity index (χ1n) is 7.86. The van der Waals surface area contributed by atoms with Crippen LogP contribution in [0.2, 0.25) is 0 Å². The van der Waals surface area contributed by atoms with Gasteiger partial charge in [-0.3, -0.25) is 10.1 Å². The zero-order valence-corrected chi connectivity index (χ0v) is 12.8. The quantitative estimate of drug-likeness (QED) is 0.619. The van der Waals surface area contributed by atoms with Gasteiger partial charge in [-0.15, -0.1) is 0 Å². The molecule has 21 heavy (non-hydrogen) atoms. The van der Waals surface area contributed by atoms with E-state index in [0.717, 1.165) is 50.6 Å². The van der Waals surface area contributed by atoms with Crippen molar-refractivity contribution in [2.24, 2.45) is 5.92 Å². The number of nitrogens with one attached hydrogen (secondary N) is 1. The van der Waals surface area contributed by atoms with Crippen molar-refractivity contribution >= 4 is 5.69 Å². The van der Waals surface area contributed by atoms with Crippen LogP contribution in [0.5, 0.6) is 0 Å². The third-order valence-corrected chi connectivity index (χ3v) is 4.28. The van der Waals surface area contributed by atoms with Crippen molar-refractivity contribution in [3.63, 3.8) is 0 Å². The van der Waals surface area contributed by atoms with Gasteiger partial charge in [-0.2, -0.15) is 0 Å². The highest BCUT2D eigenvalue weighted by atomic mass is 16.6. The Morgan fingerprint density at radius 2 is 2.05 bits per heavy atom. The van der Waals surface area contributed by atoms with Crippen molar-refractivity contribution in [3.8, 4) is 0 Å². The van der Waals surface area contributed by atoms with Gasteiger partial charge in [0, 0.05) is 18.2 Å². The molecule has 0 spiro atoms. The average molecular weight is 291 g/mol. The summed E-state index contributed by atoms with van der Waals surface area (Å²) in [5, 5.41) is 14.4. The van der Waals surface area contributed by atoms with E-state index in [2.05, 4.69) is 17.1 Å². The molecule has 1 N–H and O–H groups in total. The van der Waals surface area contributed by atoms with Crippen LogP contribution in [-0.4, -0.2) is 42.5 Å². The van der Waals surface area contributed by atoms with Crippen molar-refractivity contribution in [3.05, 3.63) is 39.9 Å². The summed E-state index contributed by atoms with van der Waals surface area (Å²) in [7, 11) is 0. The summed E-state index contributed by atoms with van der Waals surface area (Å²) in [6, 6.07) is 7.08. The van der Waals surface area contributed by atoms with Crippen LogP contribution in [0, 0.1) is 16.0 Å². The highest BCUT2D eigenvalue weighted by molar-refractivity contribution is 5.39. The van der Waals surface area contributed by atoms with Crippen LogP contribution in [0.1, 0.15) is 25.3 Å². The monoisotopic (exact) mass is 291 g/mol. The molecule has 0 saturated carbocycles. The van der Waals surface area contributed by atoms with Crippen molar-refractivity contribution in [1.29, 1.82) is 0 Å². The molecule has 0 radical (unpaired) electrons. The lowest BCUT2D eigenvalue weighted by Gasteiger charge is -2.32. The van der Waals surface area contributed by atoms with Gasteiger partial charge in [0.15, 0.2) is 0 Å². The average Bonchev–Trinajstić information content (AvgIpc) is 2.52. The van der Waals surface area contributed by atoms with Crippen molar-refractivity contribution in [2.45, 2.75) is 26.2 Å². The maximum absolute atomic E-state index is 11.0. The van der Waals surface area contributed by atoms with Gasteiger partial charge in [-0.1, -0.05) is 25.1 Å². The molecular weight excluding hydrogens is 266 g/mol. The number of hydrogen-bond acceptors (Lipinski definition) is 4. The number of likely N-dealkylation sites (tertiary alicyclic amines) is 1. The maximum atomic E-state index is 11.0. The Balaban J connectivity index is 1.79. The van der Waals surface area contributed by atoms with Crippen LogP contribution in [0.15, 0.2) is 24.3 Å². The standard InChI is InChI=1S/C16H25N3O2/c1-2-17-13-14-7-10-18(11-8-14)12-9-15-5-3-4-6-16(15)19(20)21/h3-6,14,17H,2,7-13H2,1H3. The molecule has 0 bridgehead atoms. The van der Waals surface area contributed by atoms with Crippen LogP contribution in [0.3, 0.4) is 0 Å². The van der Waals surface area contributed by atoms with E-state index in [4.69, 9.17) is 0 Å². The molecule has 5 nitrogen and oxygen atoms in total. The Kier molecular flexibility index (Phi) is 6.14. The fraction of sp³-hybridized carbons (Fsp3) is 0.625. The molecule has 0 atom stereocenters. The smallest absolute Gasteiger partial charge is 0.272 e. The predicted molar refractivity (Wildman–Crippen MR) is 84.5 cm³/mol. The minimum atomic E-state index is -0.280. The molecule has 1 aromatic carbocycles. The lowest BCUT2D eigenvalue weighted by atomic mass is 9.96. The zero-order chi connectivity index (χ0) is 15.1.